The maximum absolute atomic E-state index is 15.5. The number of hydrogen-bond acceptors (Lipinski definition) is 6. The normalized spacial score (nSPS) is 11.5. The highest BCUT2D eigenvalue weighted by molar-refractivity contribution is 7.15. The highest BCUT2D eigenvalue weighted by atomic mass is 32.1. The maximum atomic E-state index is 15.5. The molecule has 0 saturated heterocycles. The summed E-state index contributed by atoms with van der Waals surface area (Å²) in [4.78, 5) is 23.0. The van der Waals surface area contributed by atoms with Crippen molar-refractivity contribution in [1.29, 1.82) is 0 Å². The lowest BCUT2D eigenvalue weighted by Crippen LogP contribution is -1.92. The number of aryl methyl sites for hydroxylation is 1. The molecular weight excluding hydrogens is 413 g/mol. The van der Waals surface area contributed by atoms with E-state index in [4.69, 9.17) is 4.98 Å². The van der Waals surface area contributed by atoms with Gasteiger partial charge in [0.15, 0.2) is 11.6 Å². The van der Waals surface area contributed by atoms with E-state index in [9.17, 15) is 0 Å². The molecule has 0 aliphatic heterocycles. The van der Waals surface area contributed by atoms with Crippen molar-refractivity contribution in [2.75, 3.05) is 0 Å². The minimum atomic E-state index is -0.470. The number of hydrogen-bond donors (Lipinski definition) is 2. The van der Waals surface area contributed by atoms with Gasteiger partial charge in [0.1, 0.15) is 16.9 Å². The number of aromatic nitrogens is 7. The van der Waals surface area contributed by atoms with E-state index in [1.54, 1.807) is 54.5 Å². The van der Waals surface area contributed by atoms with E-state index in [0.29, 0.717) is 28.0 Å². The predicted molar refractivity (Wildman–Crippen MR) is 118 cm³/mol. The van der Waals surface area contributed by atoms with Crippen LogP contribution < -0.4 is 0 Å². The van der Waals surface area contributed by atoms with Gasteiger partial charge in [-0.05, 0) is 31.2 Å². The van der Waals surface area contributed by atoms with Crippen molar-refractivity contribution in [3.05, 3.63) is 65.9 Å². The summed E-state index contributed by atoms with van der Waals surface area (Å²) in [6.45, 7) is 2.06. The summed E-state index contributed by atoms with van der Waals surface area (Å²) in [6, 6.07) is 7.64. The zero-order chi connectivity index (χ0) is 20.9. The van der Waals surface area contributed by atoms with E-state index in [1.807, 2.05) is 0 Å². The Morgan fingerprint density at radius 1 is 0.968 bits per heavy atom. The highest BCUT2D eigenvalue weighted by Gasteiger charge is 2.21. The van der Waals surface area contributed by atoms with Crippen LogP contribution in [-0.4, -0.2) is 35.1 Å². The van der Waals surface area contributed by atoms with E-state index in [0.717, 1.165) is 21.5 Å². The van der Waals surface area contributed by atoms with E-state index < -0.39 is 5.82 Å². The third-order valence-electron chi connectivity index (χ3n) is 5.10. The molecule has 0 saturated carbocycles. The number of nitrogens with one attached hydrogen (secondary N) is 2. The first kappa shape index (κ1) is 17.8. The first-order chi connectivity index (χ1) is 15.2. The Morgan fingerprint density at radius 2 is 1.90 bits per heavy atom. The third-order valence-corrected chi connectivity index (χ3v) is 6.14. The topological polar surface area (TPSA) is 96.0 Å². The van der Waals surface area contributed by atoms with E-state index >= 15 is 4.39 Å². The number of aromatic amines is 2. The van der Waals surface area contributed by atoms with Gasteiger partial charge in [-0.3, -0.25) is 20.1 Å². The van der Waals surface area contributed by atoms with Gasteiger partial charge in [0.05, 0.1) is 28.8 Å². The minimum Gasteiger partial charge on any atom is -0.335 e. The van der Waals surface area contributed by atoms with Gasteiger partial charge in [-0.2, -0.15) is 5.10 Å². The molecule has 0 amide bonds. The first-order valence-corrected chi connectivity index (χ1v) is 10.3. The van der Waals surface area contributed by atoms with Crippen LogP contribution >= 0.6 is 11.3 Å². The maximum Gasteiger partial charge on any atom is 0.161 e. The van der Waals surface area contributed by atoms with Crippen molar-refractivity contribution in [2.24, 2.45) is 0 Å². The van der Waals surface area contributed by atoms with Gasteiger partial charge in [0.2, 0.25) is 0 Å². The summed E-state index contributed by atoms with van der Waals surface area (Å²) in [7, 11) is 0. The molecule has 2 N–H and O–H groups in total. The van der Waals surface area contributed by atoms with Gasteiger partial charge >= 0.3 is 0 Å². The number of rotatable bonds is 3. The van der Waals surface area contributed by atoms with Crippen LogP contribution in [0.4, 0.5) is 4.39 Å². The molecule has 0 unspecified atom stereocenters. The van der Waals surface area contributed by atoms with Crippen molar-refractivity contribution in [3.63, 3.8) is 0 Å². The van der Waals surface area contributed by atoms with Crippen molar-refractivity contribution in [2.45, 2.75) is 6.92 Å². The number of imidazole rings is 1. The second kappa shape index (κ2) is 6.78. The van der Waals surface area contributed by atoms with Gasteiger partial charge in [-0.15, -0.1) is 11.3 Å². The summed E-state index contributed by atoms with van der Waals surface area (Å²) in [6.07, 6.45) is 8.30. The van der Waals surface area contributed by atoms with Crippen LogP contribution in [0.25, 0.3) is 55.2 Å². The Kier molecular flexibility index (Phi) is 3.90. The van der Waals surface area contributed by atoms with Crippen LogP contribution in [-0.2, 0) is 0 Å². The number of thiophene rings is 1. The van der Waals surface area contributed by atoms with Crippen molar-refractivity contribution >= 4 is 33.3 Å². The molecule has 0 aliphatic carbocycles. The predicted octanol–water partition coefficient (Wildman–Crippen LogP) is 5.13. The number of halogens is 1. The minimum absolute atomic E-state index is 0.218. The van der Waals surface area contributed by atoms with E-state index in [1.165, 1.54) is 4.88 Å². The molecular formula is C22H14FN7S. The fourth-order valence-electron chi connectivity index (χ4n) is 3.66. The van der Waals surface area contributed by atoms with E-state index in [-0.39, 0.29) is 5.69 Å². The van der Waals surface area contributed by atoms with Crippen molar-refractivity contribution < 1.29 is 4.39 Å². The molecule has 31 heavy (non-hydrogen) atoms. The summed E-state index contributed by atoms with van der Waals surface area (Å²) in [5, 5.41) is 7.52. The molecule has 6 rings (SSSR count). The Balaban J connectivity index is 1.56. The smallest absolute Gasteiger partial charge is 0.161 e. The van der Waals surface area contributed by atoms with Gasteiger partial charge in [0.25, 0.3) is 0 Å². The Hall–Kier alpha value is -3.98. The van der Waals surface area contributed by atoms with Gasteiger partial charge in [-0.1, -0.05) is 0 Å². The molecule has 0 atom stereocenters. The summed E-state index contributed by atoms with van der Waals surface area (Å²) < 4.78 is 15.5. The van der Waals surface area contributed by atoms with Gasteiger partial charge < -0.3 is 4.98 Å². The number of H-pyrrole nitrogens is 2. The molecule has 0 bridgehead atoms. The molecule has 0 aromatic carbocycles. The summed E-state index contributed by atoms with van der Waals surface area (Å²) in [5.41, 5.74) is 4.16. The lowest BCUT2D eigenvalue weighted by atomic mass is 10.1. The van der Waals surface area contributed by atoms with Crippen LogP contribution in [0.3, 0.4) is 0 Å². The van der Waals surface area contributed by atoms with Gasteiger partial charge in [-0.25, -0.2) is 9.37 Å². The second-order valence-electron chi connectivity index (χ2n) is 7.10. The largest absolute Gasteiger partial charge is 0.335 e. The molecule has 0 fully saturated rings. The van der Waals surface area contributed by atoms with Crippen molar-refractivity contribution in [3.8, 4) is 33.2 Å². The molecule has 6 aromatic heterocycles. The number of pyridine rings is 3. The summed E-state index contributed by atoms with van der Waals surface area (Å²) in [5.74, 6) is -0.00653. The fraction of sp³-hybridized carbons (Fsp3) is 0.0455. The van der Waals surface area contributed by atoms with Crippen LogP contribution in [0.15, 0.2) is 55.2 Å². The van der Waals surface area contributed by atoms with Crippen LogP contribution in [0, 0.1) is 12.7 Å². The van der Waals surface area contributed by atoms with Crippen LogP contribution in [0.1, 0.15) is 4.88 Å². The Morgan fingerprint density at radius 3 is 2.71 bits per heavy atom. The average molecular weight is 427 g/mol. The lowest BCUT2D eigenvalue weighted by Gasteiger charge is -2.03. The molecule has 0 spiro atoms. The van der Waals surface area contributed by atoms with Crippen LogP contribution in [0.5, 0.6) is 0 Å². The second-order valence-corrected chi connectivity index (χ2v) is 8.39. The highest BCUT2D eigenvalue weighted by Crippen LogP contribution is 2.35. The molecule has 0 aliphatic rings. The third kappa shape index (κ3) is 2.82. The fourth-order valence-corrected chi connectivity index (χ4v) is 4.53. The SMILES string of the molecule is Cc1ccc(-c2cncc3[nH]c(-c4n[nH]c5cnc(-c6cccnc6)c(F)c45)nc23)s1. The van der Waals surface area contributed by atoms with Crippen molar-refractivity contribution in [1.82, 2.24) is 35.1 Å². The number of nitrogens with zero attached hydrogens (tertiary/aromatic N) is 5. The lowest BCUT2D eigenvalue weighted by molar-refractivity contribution is 0.638. The first-order valence-electron chi connectivity index (χ1n) is 9.53. The monoisotopic (exact) mass is 427 g/mol. The zero-order valence-electron chi connectivity index (χ0n) is 16.2. The standard InChI is InChI=1S/C22H14FN7S/c1-11-4-5-16(31-11)13-8-25-9-15-20(13)28-22(27-15)21-17-14(29-30-21)10-26-19(18(17)23)12-3-2-6-24-7-12/h2-10H,1H3,(H,27,28)(H,29,30). The molecule has 7 nitrogen and oxygen atoms in total. The Bertz CT molecular complexity index is 1570. The molecule has 6 heterocycles. The molecule has 9 heteroatoms. The molecule has 6 aromatic rings. The quantitative estimate of drug-likeness (QED) is 0.408. The average Bonchev–Trinajstić information content (AvgIpc) is 3.52. The number of fused-ring (bicyclic) bond motifs is 2. The zero-order valence-corrected chi connectivity index (χ0v) is 17.0. The van der Waals surface area contributed by atoms with E-state index in [2.05, 4.69) is 49.2 Å². The molecule has 0 radical (unpaired) electrons. The van der Waals surface area contributed by atoms with Crippen LogP contribution in [0.2, 0.25) is 0 Å². The molecule has 150 valence electrons. The van der Waals surface area contributed by atoms with Gasteiger partial charge in [0, 0.05) is 39.5 Å². The summed E-state index contributed by atoms with van der Waals surface area (Å²) >= 11 is 1.68. The Labute approximate surface area is 179 Å².